The van der Waals surface area contributed by atoms with E-state index in [2.05, 4.69) is 5.16 Å². The van der Waals surface area contributed by atoms with Gasteiger partial charge in [0.2, 0.25) is 5.88 Å². The van der Waals surface area contributed by atoms with E-state index in [1.807, 2.05) is 37.3 Å². The summed E-state index contributed by atoms with van der Waals surface area (Å²) in [6, 6.07) is 9.88. The van der Waals surface area contributed by atoms with Crippen LogP contribution in [0.4, 0.5) is 5.88 Å². The molecule has 90 valence electrons. The van der Waals surface area contributed by atoms with E-state index in [0.29, 0.717) is 11.6 Å². The standard InChI is InChI=1S/C14H12N2O2/c1-9-3-2-4-10(7-9)12-13(16-18-14(12)15)11-5-6-17-8-11/h2-8H,15H2,1H3. The maximum Gasteiger partial charge on any atom is 0.230 e. The summed E-state index contributed by atoms with van der Waals surface area (Å²) in [5, 5.41) is 4.00. The number of rotatable bonds is 2. The third kappa shape index (κ3) is 1.68. The number of furan rings is 1. The minimum atomic E-state index is 0.316. The number of hydrogen-bond donors (Lipinski definition) is 1. The first kappa shape index (κ1) is 10.7. The highest BCUT2D eigenvalue weighted by atomic mass is 16.5. The van der Waals surface area contributed by atoms with E-state index >= 15 is 0 Å². The van der Waals surface area contributed by atoms with Gasteiger partial charge >= 0.3 is 0 Å². The number of aryl methyl sites for hydroxylation is 1. The Kier molecular flexibility index (Phi) is 2.41. The summed E-state index contributed by atoms with van der Waals surface area (Å²) in [6.07, 6.45) is 3.22. The van der Waals surface area contributed by atoms with E-state index in [-0.39, 0.29) is 0 Å². The molecule has 2 aromatic heterocycles. The number of nitrogen functional groups attached to an aromatic ring is 1. The lowest BCUT2D eigenvalue weighted by Crippen LogP contribution is -1.87. The highest BCUT2D eigenvalue weighted by molar-refractivity contribution is 5.86. The van der Waals surface area contributed by atoms with E-state index in [4.69, 9.17) is 14.7 Å². The first-order valence-electron chi connectivity index (χ1n) is 5.60. The molecular weight excluding hydrogens is 228 g/mol. The summed E-state index contributed by atoms with van der Waals surface area (Å²) < 4.78 is 10.2. The Hall–Kier alpha value is -2.49. The normalized spacial score (nSPS) is 10.7. The van der Waals surface area contributed by atoms with Crippen molar-refractivity contribution in [3.63, 3.8) is 0 Å². The van der Waals surface area contributed by atoms with Crippen LogP contribution in [-0.2, 0) is 0 Å². The van der Waals surface area contributed by atoms with Gasteiger partial charge in [0.15, 0.2) is 0 Å². The topological polar surface area (TPSA) is 65.2 Å². The molecule has 1 aromatic carbocycles. The molecule has 0 aliphatic heterocycles. The van der Waals surface area contributed by atoms with E-state index < -0.39 is 0 Å². The first-order chi connectivity index (χ1) is 8.75. The summed E-state index contributed by atoms with van der Waals surface area (Å²) in [5.74, 6) is 0.316. The van der Waals surface area contributed by atoms with Crippen LogP contribution in [0.1, 0.15) is 5.56 Å². The van der Waals surface area contributed by atoms with E-state index in [1.54, 1.807) is 12.5 Å². The molecule has 18 heavy (non-hydrogen) atoms. The van der Waals surface area contributed by atoms with Gasteiger partial charge in [-0.2, -0.15) is 0 Å². The third-order valence-corrected chi connectivity index (χ3v) is 2.82. The van der Waals surface area contributed by atoms with Gasteiger partial charge in [-0.25, -0.2) is 0 Å². The zero-order valence-electron chi connectivity index (χ0n) is 9.88. The molecule has 0 fully saturated rings. The van der Waals surface area contributed by atoms with Gasteiger partial charge in [0.25, 0.3) is 0 Å². The molecule has 2 heterocycles. The molecular formula is C14H12N2O2. The Morgan fingerprint density at radius 1 is 1.17 bits per heavy atom. The van der Waals surface area contributed by atoms with Crippen LogP contribution < -0.4 is 5.73 Å². The van der Waals surface area contributed by atoms with Crippen molar-refractivity contribution >= 4 is 5.88 Å². The molecule has 3 aromatic rings. The maximum absolute atomic E-state index is 5.87. The molecule has 0 aliphatic carbocycles. The van der Waals surface area contributed by atoms with Crippen LogP contribution in [0.2, 0.25) is 0 Å². The van der Waals surface area contributed by atoms with Crippen LogP contribution in [-0.4, -0.2) is 5.16 Å². The van der Waals surface area contributed by atoms with Crippen molar-refractivity contribution < 1.29 is 8.94 Å². The molecule has 0 radical (unpaired) electrons. The van der Waals surface area contributed by atoms with Crippen LogP contribution in [0.15, 0.2) is 51.8 Å². The second kappa shape index (κ2) is 4.07. The summed E-state index contributed by atoms with van der Waals surface area (Å²) in [4.78, 5) is 0. The second-order valence-electron chi connectivity index (χ2n) is 4.15. The van der Waals surface area contributed by atoms with Gasteiger partial charge in [-0.3, -0.25) is 0 Å². The lowest BCUT2D eigenvalue weighted by atomic mass is 10.0. The largest absolute Gasteiger partial charge is 0.472 e. The van der Waals surface area contributed by atoms with E-state index in [9.17, 15) is 0 Å². The molecule has 0 amide bonds. The average Bonchev–Trinajstić information content (AvgIpc) is 2.97. The van der Waals surface area contributed by atoms with Gasteiger partial charge in [-0.05, 0) is 18.6 Å². The van der Waals surface area contributed by atoms with Crippen molar-refractivity contribution in [2.45, 2.75) is 6.92 Å². The van der Waals surface area contributed by atoms with Crippen molar-refractivity contribution in [2.75, 3.05) is 5.73 Å². The Morgan fingerprint density at radius 2 is 2.06 bits per heavy atom. The monoisotopic (exact) mass is 240 g/mol. The van der Waals surface area contributed by atoms with Gasteiger partial charge in [0.1, 0.15) is 5.69 Å². The Labute approximate surface area is 104 Å². The number of benzene rings is 1. The molecule has 4 nitrogen and oxygen atoms in total. The fraction of sp³-hybridized carbons (Fsp3) is 0.0714. The van der Waals surface area contributed by atoms with Crippen molar-refractivity contribution in [2.24, 2.45) is 0 Å². The van der Waals surface area contributed by atoms with Crippen LogP contribution in [0, 0.1) is 6.92 Å². The van der Waals surface area contributed by atoms with Crippen LogP contribution in [0.3, 0.4) is 0 Å². The Morgan fingerprint density at radius 3 is 2.78 bits per heavy atom. The van der Waals surface area contributed by atoms with Gasteiger partial charge in [-0.1, -0.05) is 35.0 Å². The number of nitrogens with two attached hydrogens (primary N) is 1. The van der Waals surface area contributed by atoms with Gasteiger partial charge in [0.05, 0.1) is 18.1 Å². The molecule has 0 spiro atoms. The molecule has 0 saturated heterocycles. The highest BCUT2D eigenvalue weighted by Crippen LogP contribution is 2.36. The van der Waals surface area contributed by atoms with Gasteiger partial charge < -0.3 is 14.7 Å². The zero-order chi connectivity index (χ0) is 12.5. The summed E-state index contributed by atoms with van der Waals surface area (Å²) in [5.41, 5.74) is 10.4. The smallest absolute Gasteiger partial charge is 0.230 e. The van der Waals surface area contributed by atoms with E-state index in [1.165, 1.54) is 0 Å². The third-order valence-electron chi connectivity index (χ3n) is 2.82. The average molecular weight is 240 g/mol. The number of aromatic nitrogens is 1. The molecule has 0 saturated carbocycles. The van der Waals surface area contributed by atoms with Gasteiger partial charge in [0, 0.05) is 5.56 Å². The predicted molar refractivity (Wildman–Crippen MR) is 68.8 cm³/mol. The Balaban J connectivity index is 2.20. The maximum atomic E-state index is 5.87. The van der Waals surface area contributed by atoms with Crippen LogP contribution in [0.5, 0.6) is 0 Å². The zero-order valence-corrected chi connectivity index (χ0v) is 9.88. The SMILES string of the molecule is Cc1cccc(-c2c(-c3ccoc3)noc2N)c1. The number of anilines is 1. The minimum Gasteiger partial charge on any atom is -0.472 e. The van der Waals surface area contributed by atoms with Crippen molar-refractivity contribution in [3.8, 4) is 22.4 Å². The molecule has 3 rings (SSSR count). The fourth-order valence-corrected chi connectivity index (χ4v) is 1.98. The summed E-state index contributed by atoms with van der Waals surface area (Å²) in [7, 11) is 0. The molecule has 4 heteroatoms. The number of nitrogens with zero attached hydrogens (tertiary/aromatic N) is 1. The second-order valence-corrected chi connectivity index (χ2v) is 4.15. The van der Waals surface area contributed by atoms with Crippen molar-refractivity contribution in [3.05, 3.63) is 48.4 Å². The highest BCUT2D eigenvalue weighted by Gasteiger charge is 2.17. The quantitative estimate of drug-likeness (QED) is 0.744. The summed E-state index contributed by atoms with van der Waals surface area (Å²) in [6.45, 7) is 2.03. The number of hydrogen-bond acceptors (Lipinski definition) is 4. The van der Waals surface area contributed by atoms with Crippen LogP contribution in [0.25, 0.3) is 22.4 Å². The fourth-order valence-electron chi connectivity index (χ4n) is 1.98. The van der Waals surface area contributed by atoms with Crippen molar-refractivity contribution in [1.29, 1.82) is 0 Å². The minimum absolute atomic E-state index is 0.316. The lowest BCUT2D eigenvalue weighted by Gasteiger charge is -2.02. The Bertz CT molecular complexity index is 669. The van der Waals surface area contributed by atoms with Crippen molar-refractivity contribution in [1.82, 2.24) is 5.16 Å². The molecule has 0 aliphatic rings. The predicted octanol–water partition coefficient (Wildman–Crippen LogP) is 3.49. The first-order valence-corrected chi connectivity index (χ1v) is 5.60. The molecule has 0 unspecified atom stereocenters. The van der Waals surface area contributed by atoms with Gasteiger partial charge in [-0.15, -0.1) is 0 Å². The molecule has 0 atom stereocenters. The lowest BCUT2D eigenvalue weighted by molar-refractivity contribution is 0.439. The molecule has 2 N–H and O–H groups in total. The van der Waals surface area contributed by atoms with Crippen LogP contribution >= 0.6 is 0 Å². The molecule has 0 bridgehead atoms. The summed E-state index contributed by atoms with van der Waals surface area (Å²) >= 11 is 0. The van der Waals surface area contributed by atoms with E-state index in [0.717, 1.165) is 22.3 Å².